The molecule has 2 heteroatoms. The minimum Gasteiger partial charge on any atom is -0.333 e. The fourth-order valence-electron chi connectivity index (χ4n) is 1.66. The fourth-order valence-corrected chi connectivity index (χ4v) is 1.66. The minimum absolute atomic E-state index is 0.00664. The molecule has 0 aromatic rings. The van der Waals surface area contributed by atoms with E-state index in [2.05, 4.69) is 12.2 Å². The molecule has 0 atom stereocenters. The van der Waals surface area contributed by atoms with Gasteiger partial charge in [0.2, 0.25) is 5.91 Å². The lowest BCUT2D eigenvalue weighted by atomic mass is 10.1. The number of nitrogens with one attached hydrogen (secondary N) is 1. The maximum Gasteiger partial charge on any atom is 0.220 e. The molecule has 0 aromatic heterocycles. The molecule has 0 aliphatic heterocycles. The van der Waals surface area contributed by atoms with Crippen molar-refractivity contribution >= 4 is 5.91 Å². The van der Waals surface area contributed by atoms with Crippen LogP contribution in [0.3, 0.4) is 0 Å². The first-order valence-corrected chi connectivity index (χ1v) is 6.69. The molecule has 2 nitrogen and oxygen atoms in total. The molecule has 0 fully saturated rings. The van der Waals surface area contributed by atoms with Gasteiger partial charge < -0.3 is 5.32 Å². The summed E-state index contributed by atoms with van der Waals surface area (Å²) in [4.78, 5) is 10.5. The van der Waals surface area contributed by atoms with Crippen LogP contribution in [0.4, 0.5) is 0 Å². The fraction of sp³-hybridized carbons (Fsp3) is 0.786. The SMILES string of the molecule is CCCCCCCCCCC=CNC(C)=O. The second-order valence-electron chi connectivity index (χ2n) is 4.37. The average molecular weight is 225 g/mol. The molecule has 0 aliphatic carbocycles. The molecule has 0 saturated carbocycles. The van der Waals surface area contributed by atoms with E-state index < -0.39 is 0 Å². The van der Waals surface area contributed by atoms with E-state index in [1.807, 2.05) is 6.08 Å². The van der Waals surface area contributed by atoms with Crippen LogP contribution in [0.1, 0.15) is 71.6 Å². The van der Waals surface area contributed by atoms with Gasteiger partial charge in [-0.05, 0) is 19.0 Å². The Morgan fingerprint density at radius 1 is 1.00 bits per heavy atom. The number of carbonyl (C=O) groups is 1. The summed E-state index contributed by atoms with van der Waals surface area (Å²) in [6.45, 7) is 3.78. The Hall–Kier alpha value is -0.790. The Balaban J connectivity index is 3.03. The third-order valence-electron chi connectivity index (χ3n) is 2.63. The third-order valence-corrected chi connectivity index (χ3v) is 2.63. The highest BCUT2D eigenvalue weighted by atomic mass is 16.1. The Morgan fingerprint density at radius 2 is 1.56 bits per heavy atom. The van der Waals surface area contributed by atoms with Crippen LogP contribution in [0.25, 0.3) is 0 Å². The molecule has 0 heterocycles. The van der Waals surface area contributed by atoms with E-state index in [0.717, 1.165) is 6.42 Å². The first-order valence-electron chi connectivity index (χ1n) is 6.69. The van der Waals surface area contributed by atoms with Crippen LogP contribution < -0.4 is 5.32 Å². The molecule has 1 N–H and O–H groups in total. The minimum atomic E-state index is 0.00664. The van der Waals surface area contributed by atoms with Crippen LogP contribution in [0, 0.1) is 0 Å². The van der Waals surface area contributed by atoms with E-state index in [4.69, 9.17) is 0 Å². The summed E-state index contributed by atoms with van der Waals surface area (Å²) in [7, 11) is 0. The largest absolute Gasteiger partial charge is 0.333 e. The molecule has 0 unspecified atom stereocenters. The van der Waals surface area contributed by atoms with Crippen LogP contribution in [0.2, 0.25) is 0 Å². The first kappa shape index (κ1) is 15.2. The lowest BCUT2D eigenvalue weighted by Crippen LogP contribution is -2.11. The van der Waals surface area contributed by atoms with Crippen molar-refractivity contribution in [2.75, 3.05) is 0 Å². The number of rotatable bonds is 10. The maximum atomic E-state index is 10.5. The van der Waals surface area contributed by atoms with Gasteiger partial charge in [0.05, 0.1) is 0 Å². The third kappa shape index (κ3) is 13.2. The summed E-state index contributed by atoms with van der Waals surface area (Å²) in [5.41, 5.74) is 0. The summed E-state index contributed by atoms with van der Waals surface area (Å²) in [6.07, 6.45) is 15.7. The summed E-state index contributed by atoms with van der Waals surface area (Å²) in [5, 5.41) is 2.65. The van der Waals surface area contributed by atoms with E-state index in [-0.39, 0.29) is 5.91 Å². The molecule has 0 saturated heterocycles. The van der Waals surface area contributed by atoms with Crippen LogP contribution >= 0.6 is 0 Å². The van der Waals surface area contributed by atoms with Gasteiger partial charge in [-0.25, -0.2) is 0 Å². The predicted octanol–water partition coefficient (Wildman–Crippen LogP) is 4.17. The van der Waals surface area contributed by atoms with Crippen molar-refractivity contribution in [2.24, 2.45) is 0 Å². The van der Waals surface area contributed by atoms with Gasteiger partial charge in [0.1, 0.15) is 0 Å². The molecule has 0 spiro atoms. The van der Waals surface area contributed by atoms with Gasteiger partial charge >= 0.3 is 0 Å². The van der Waals surface area contributed by atoms with Gasteiger partial charge in [0.15, 0.2) is 0 Å². The Morgan fingerprint density at radius 3 is 2.12 bits per heavy atom. The van der Waals surface area contributed by atoms with E-state index in [1.165, 1.54) is 58.3 Å². The van der Waals surface area contributed by atoms with E-state index in [1.54, 1.807) is 6.20 Å². The number of unbranched alkanes of at least 4 members (excludes halogenated alkanes) is 8. The number of allylic oxidation sites excluding steroid dienone is 1. The van der Waals surface area contributed by atoms with Gasteiger partial charge in [0.25, 0.3) is 0 Å². The molecule has 0 aliphatic rings. The zero-order valence-electron chi connectivity index (χ0n) is 10.9. The quantitative estimate of drug-likeness (QED) is 0.556. The molecular formula is C14H27NO. The van der Waals surface area contributed by atoms with Crippen molar-refractivity contribution in [1.82, 2.24) is 5.32 Å². The first-order chi connectivity index (χ1) is 7.77. The van der Waals surface area contributed by atoms with Gasteiger partial charge in [-0.3, -0.25) is 4.79 Å². The number of carbonyl (C=O) groups excluding carboxylic acids is 1. The van der Waals surface area contributed by atoms with Crippen LogP contribution in [0.5, 0.6) is 0 Å². The standard InChI is InChI=1S/C14H27NO/c1-3-4-5-6-7-8-9-10-11-12-13-15-14(2)16/h12-13H,3-11H2,1-2H3,(H,15,16). The molecular weight excluding hydrogens is 198 g/mol. The number of hydrogen-bond donors (Lipinski definition) is 1. The molecule has 16 heavy (non-hydrogen) atoms. The number of amides is 1. The lowest BCUT2D eigenvalue weighted by molar-refractivity contribution is -0.118. The second-order valence-corrected chi connectivity index (χ2v) is 4.37. The lowest BCUT2D eigenvalue weighted by Gasteiger charge is -1.99. The Kier molecular flexibility index (Phi) is 11.7. The predicted molar refractivity (Wildman–Crippen MR) is 70.2 cm³/mol. The molecule has 0 rings (SSSR count). The highest BCUT2D eigenvalue weighted by molar-refractivity contribution is 5.73. The van der Waals surface area contributed by atoms with Crippen molar-refractivity contribution in [2.45, 2.75) is 71.6 Å². The van der Waals surface area contributed by atoms with Crippen molar-refractivity contribution in [3.05, 3.63) is 12.3 Å². The average Bonchev–Trinajstić information content (AvgIpc) is 2.25. The van der Waals surface area contributed by atoms with Gasteiger partial charge in [-0.15, -0.1) is 0 Å². The van der Waals surface area contributed by atoms with Crippen molar-refractivity contribution in [1.29, 1.82) is 0 Å². The summed E-state index contributed by atoms with van der Waals surface area (Å²) in [6, 6.07) is 0. The normalized spacial score (nSPS) is 10.9. The molecule has 0 bridgehead atoms. The highest BCUT2D eigenvalue weighted by Gasteiger charge is 1.90. The van der Waals surface area contributed by atoms with E-state index in [0.29, 0.717) is 0 Å². The highest BCUT2D eigenvalue weighted by Crippen LogP contribution is 2.09. The van der Waals surface area contributed by atoms with Crippen molar-refractivity contribution < 1.29 is 4.79 Å². The smallest absolute Gasteiger partial charge is 0.220 e. The monoisotopic (exact) mass is 225 g/mol. The van der Waals surface area contributed by atoms with Crippen LogP contribution in [-0.2, 0) is 4.79 Å². The van der Waals surface area contributed by atoms with Crippen LogP contribution in [0.15, 0.2) is 12.3 Å². The zero-order chi connectivity index (χ0) is 12.1. The molecule has 1 amide bonds. The maximum absolute atomic E-state index is 10.5. The van der Waals surface area contributed by atoms with Crippen LogP contribution in [-0.4, -0.2) is 5.91 Å². The Bertz CT molecular complexity index is 187. The summed E-state index contributed by atoms with van der Waals surface area (Å²) in [5.74, 6) is 0.00664. The number of hydrogen-bond acceptors (Lipinski definition) is 1. The van der Waals surface area contributed by atoms with Gasteiger partial charge in [0, 0.05) is 6.92 Å². The van der Waals surface area contributed by atoms with E-state index >= 15 is 0 Å². The molecule has 0 radical (unpaired) electrons. The zero-order valence-corrected chi connectivity index (χ0v) is 10.9. The van der Waals surface area contributed by atoms with Gasteiger partial charge in [-0.2, -0.15) is 0 Å². The summed E-state index contributed by atoms with van der Waals surface area (Å²) < 4.78 is 0. The van der Waals surface area contributed by atoms with Crippen molar-refractivity contribution in [3.63, 3.8) is 0 Å². The molecule has 0 aromatic carbocycles. The van der Waals surface area contributed by atoms with E-state index in [9.17, 15) is 4.79 Å². The Labute approximate surface area is 101 Å². The molecule has 94 valence electrons. The topological polar surface area (TPSA) is 29.1 Å². The second kappa shape index (κ2) is 12.3. The summed E-state index contributed by atoms with van der Waals surface area (Å²) >= 11 is 0. The van der Waals surface area contributed by atoms with Gasteiger partial charge in [-0.1, -0.05) is 57.9 Å². The van der Waals surface area contributed by atoms with Crippen molar-refractivity contribution in [3.8, 4) is 0 Å².